The minimum atomic E-state index is -4.30. The van der Waals surface area contributed by atoms with Crippen molar-refractivity contribution in [2.45, 2.75) is 30.5 Å². The minimum absolute atomic E-state index is 0.0331. The lowest BCUT2D eigenvalue weighted by Crippen LogP contribution is -2.42. The maximum atomic E-state index is 12.8. The molecular weight excluding hydrogens is 421 g/mol. The fourth-order valence-electron chi connectivity index (χ4n) is 3.14. The Hall–Kier alpha value is -2.66. The molecule has 1 fully saturated rings. The molecule has 1 aliphatic heterocycles. The molecule has 1 aliphatic rings. The van der Waals surface area contributed by atoms with Gasteiger partial charge in [-0.25, -0.2) is 13.2 Å². The molecule has 1 aromatic heterocycles. The first-order valence-electron chi connectivity index (χ1n) is 9.27. The second kappa shape index (κ2) is 9.00. The molecular formula is C19H21F3N4O3S. The first-order chi connectivity index (χ1) is 14.2. The van der Waals surface area contributed by atoms with Crippen molar-refractivity contribution in [2.75, 3.05) is 18.4 Å². The molecule has 2 amide bonds. The standard InChI is InChI=1S/C19H21F3N4O3S/c20-19(21,22)15-7-10-26(11-8-15)30(28,29)17-5-3-16(4-6-17)25-18(27)24-13-14-2-1-9-23-12-14/h1-6,9,12,15H,7-8,10-11,13H2,(H2,24,25,27). The lowest BCUT2D eigenvalue weighted by atomic mass is 9.98. The fourth-order valence-corrected chi connectivity index (χ4v) is 4.61. The average Bonchev–Trinajstić information content (AvgIpc) is 2.73. The zero-order valence-electron chi connectivity index (χ0n) is 15.9. The van der Waals surface area contributed by atoms with Gasteiger partial charge in [-0.1, -0.05) is 6.07 Å². The van der Waals surface area contributed by atoms with E-state index in [1.165, 1.54) is 24.3 Å². The molecule has 3 rings (SSSR count). The normalized spacial score (nSPS) is 16.2. The largest absolute Gasteiger partial charge is 0.391 e. The number of pyridine rings is 1. The van der Waals surface area contributed by atoms with Gasteiger partial charge >= 0.3 is 12.2 Å². The lowest BCUT2D eigenvalue weighted by Gasteiger charge is -2.32. The van der Waals surface area contributed by atoms with Crippen LogP contribution in [0.15, 0.2) is 53.7 Å². The fraction of sp³-hybridized carbons (Fsp3) is 0.368. The molecule has 0 saturated carbocycles. The number of nitrogens with one attached hydrogen (secondary N) is 2. The average molecular weight is 442 g/mol. The number of amides is 2. The smallest absolute Gasteiger partial charge is 0.334 e. The molecule has 7 nitrogen and oxygen atoms in total. The van der Waals surface area contributed by atoms with Crippen LogP contribution in [0.5, 0.6) is 0 Å². The van der Waals surface area contributed by atoms with E-state index in [2.05, 4.69) is 15.6 Å². The van der Waals surface area contributed by atoms with Gasteiger partial charge in [0.15, 0.2) is 0 Å². The van der Waals surface area contributed by atoms with E-state index < -0.39 is 28.1 Å². The van der Waals surface area contributed by atoms with Crippen molar-refractivity contribution in [3.63, 3.8) is 0 Å². The minimum Gasteiger partial charge on any atom is -0.334 e. The summed E-state index contributed by atoms with van der Waals surface area (Å²) in [6.07, 6.45) is -1.56. The van der Waals surface area contributed by atoms with Gasteiger partial charge in [-0.2, -0.15) is 17.5 Å². The van der Waals surface area contributed by atoms with E-state index in [0.717, 1.165) is 9.87 Å². The monoisotopic (exact) mass is 442 g/mol. The highest BCUT2D eigenvalue weighted by molar-refractivity contribution is 7.89. The van der Waals surface area contributed by atoms with E-state index in [1.807, 2.05) is 6.07 Å². The van der Waals surface area contributed by atoms with E-state index in [0.29, 0.717) is 5.69 Å². The Balaban J connectivity index is 1.56. The number of nitrogens with zero attached hydrogens (tertiary/aromatic N) is 2. The quantitative estimate of drug-likeness (QED) is 0.743. The van der Waals surface area contributed by atoms with Gasteiger partial charge in [0.2, 0.25) is 10.0 Å². The molecule has 2 heterocycles. The Labute approximate surface area is 172 Å². The zero-order chi connectivity index (χ0) is 21.8. The van der Waals surface area contributed by atoms with Crippen LogP contribution in [0.4, 0.5) is 23.7 Å². The van der Waals surface area contributed by atoms with Crippen molar-refractivity contribution in [1.82, 2.24) is 14.6 Å². The third kappa shape index (κ3) is 5.48. The van der Waals surface area contributed by atoms with Crippen molar-refractivity contribution < 1.29 is 26.4 Å². The number of anilines is 1. The van der Waals surface area contributed by atoms with Crippen LogP contribution in [-0.4, -0.2) is 43.0 Å². The Kier molecular flexibility index (Phi) is 6.61. The first-order valence-corrected chi connectivity index (χ1v) is 10.7. The number of benzene rings is 1. The number of halogens is 3. The van der Waals surface area contributed by atoms with E-state index in [4.69, 9.17) is 0 Å². The SMILES string of the molecule is O=C(NCc1cccnc1)Nc1ccc(S(=O)(=O)N2CCC(C(F)(F)F)CC2)cc1. The maximum Gasteiger partial charge on any atom is 0.391 e. The molecule has 0 unspecified atom stereocenters. The molecule has 0 spiro atoms. The third-order valence-corrected chi connectivity index (χ3v) is 6.76. The zero-order valence-corrected chi connectivity index (χ0v) is 16.7. The lowest BCUT2D eigenvalue weighted by molar-refractivity contribution is -0.182. The van der Waals surface area contributed by atoms with Crippen LogP contribution < -0.4 is 10.6 Å². The van der Waals surface area contributed by atoms with Crippen LogP contribution in [0.3, 0.4) is 0 Å². The molecule has 2 aromatic rings. The van der Waals surface area contributed by atoms with Crippen LogP contribution in [0.1, 0.15) is 18.4 Å². The van der Waals surface area contributed by atoms with Crippen molar-refractivity contribution in [1.29, 1.82) is 0 Å². The maximum absolute atomic E-state index is 12.8. The summed E-state index contributed by atoms with van der Waals surface area (Å²) < 4.78 is 64.8. The summed E-state index contributed by atoms with van der Waals surface area (Å²) in [6, 6.07) is 8.59. The Bertz CT molecular complexity index is 959. The molecule has 30 heavy (non-hydrogen) atoms. The number of alkyl halides is 3. The number of sulfonamides is 1. The number of hydrogen-bond donors (Lipinski definition) is 2. The Morgan fingerprint density at radius 3 is 2.37 bits per heavy atom. The van der Waals surface area contributed by atoms with E-state index >= 15 is 0 Å². The van der Waals surface area contributed by atoms with Crippen LogP contribution in [0.25, 0.3) is 0 Å². The van der Waals surface area contributed by atoms with Gasteiger partial charge in [-0.15, -0.1) is 0 Å². The molecule has 0 radical (unpaired) electrons. The molecule has 11 heteroatoms. The number of aromatic nitrogens is 1. The van der Waals surface area contributed by atoms with Crippen LogP contribution >= 0.6 is 0 Å². The van der Waals surface area contributed by atoms with Crippen molar-refractivity contribution in [3.8, 4) is 0 Å². The van der Waals surface area contributed by atoms with Crippen LogP contribution in [0.2, 0.25) is 0 Å². The summed E-state index contributed by atoms with van der Waals surface area (Å²) in [4.78, 5) is 15.9. The highest BCUT2D eigenvalue weighted by Crippen LogP contribution is 2.35. The summed E-state index contributed by atoms with van der Waals surface area (Å²) in [5, 5.41) is 5.24. The van der Waals surface area contributed by atoms with Gasteiger partial charge in [-0.05, 0) is 48.7 Å². The number of piperidine rings is 1. The summed E-state index contributed by atoms with van der Waals surface area (Å²) >= 11 is 0. The van der Waals surface area contributed by atoms with Crippen molar-refractivity contribution in [2.24, 2.45) is 5.92 Å². The molecule has 1 aromatic carbocycles. The van der Waals surface area contributed by atoms with Gasteiger partial charge in [0.1, 0.15) is 0 Å². The summed E-state index contributed by atoms with van der Waals surface area (Å²) in [6.45, 7) is -0.0768. The van der Waals surface area contributed by atoms with Crippen molar-refractivity contribution >= 4 is 21.7 Å². The third-order valence-electron chi connectivity index (χ3n) is 4.84. The number of carbonyl (C=O) groups is 1. The second-order valence-corrected chi connectivity index (χ2v) is 8.85. The number of hydrogen-bond acceptors (Lipinski definition) is 4. The summed E-state index contributed by atoms with van der Waals surface area (Å²) in [5.41, 5.74) is 1.21. The highest BCUT2D eigenvalue weighted by atomic mass is 32.2. The molecule has 162 valence electrons. The second-order valence-electron chi connectivity index (χ2n) is 6.91. The Morgan fingerprint density at radius 1 is 1.13 bits per heavy atom. The number of carbonyl (C=O) groups excluding carboxylic acids is 1. The van der Waals surface area contributed by atoms with Crippen molar-refractivity contribution in [3.05, 3.63) is 54.4 Å². The number of urea groups is 1. The molecule has 0 aliphatic carbocycles. The molecule has 2 N–H and O–H groups in total. The van der Waals surface area contributed by atoms with Crippen LogP contribution in [0, 0.1) is 5.92 Å². The summed E-state index contributed by atoms with van der Waals surface area (Å²) in [5.74, 6) is -1.47. The predicted molar refractivity (Wildman–Crippen MR) is 104 cm³/mol. The van der Waals surface area contributed by atoms with E-state index in [1.54, 1.807) is 18.5 Å². The van der Waals surface area contributed by atoms with Gasteiger partial charge in [0.25, 0.3) is 0 Å². The van der Waals surface area contributed by atoms with Gasteiger partial charge in [0, 0.05) is 37.7 Å². The van der Waals surface area contributed by atoms with Gasteiger partial charge in [0.05, 0.1) is 10.8 Å². The summed E-state index contributed by atoms with van der Waals surface area (Å²) in [7, 11) is -3.89. The van der Waals surface area contributed by atoms with Gasteiger partial charge < -0.3 is 10.6 Å². The van der Waals surface area contributed by atoms with E-state index in [-0.39, 0.29) is 37.4 Å². The predicted octanol–water partition coefficient (Wildman–Crippen LogP) is 3.37. The Morgan fingerprint density at radius 2 is 1.80 bits per heavy atom. The molecule has 0 atom stereocenters. The molecule has 1 saturated heterocycles. The highest BCUT2D eigenvalue weighted by Gasteiger charge is 2.43. The topological polar surface area (TPSA) is 91.4 Å². The first kappa shape index (κ1) is 22.0. The van der Waals surface area contributed by atoms with Crippen LogP contribution in [-0.2, 0) is 16.6 Å². The number of rotatable bonds is 5. The van der Waals surface area contributed by atoms with E-state index in [9.17, 15) is 26.4 Å². The van der Waals surface area contributed by atoms with Gasteiger partial charge in [-0.3, -0.25) is 4.98 Å². The molecule has 0 bridgehead atoms.